The number of aliphatic hydroxyl groups is 1. The highest BCUT2D eigenvalue weighted by atomic mass is 16.4. The Balaban J connectivity index is 2.55. The molecule has 2 atom stereocenters. The van der Waals surface area contributed by atoms with E-state index in [9.17, 15) is 14.4 Å². The van der Waals surface area contributed by atoms with Gasteiger partial charge in [-0.05, 0) is 32.1 Å². The number of carbonyl (C=O) groups excluding carboxylic acids is 1. The maximum Gasteiger partial charge on any atom is 0.326 e. The third-order valence-corrected chi connectivity index (χ3v) is 3.58. The van der Waals surface area contributed by atoms with E-state index in [4.69, 9.17) is 15.3 Å². The van der Waals surface area contributed by atoms with E-state index in [1.807, 2.05) is 0 Å². The lowest BCUT2D eigenvalue weighted by Gasteiger charge is -2.26. The second kappa shape index (κ2) is 8.46. The van der Waals surface area contributed by atoms with Crippen molar-refractivity contribution in [2.24, 2.45) is 0 Å². The lowest BCUT2D eigenvalue weighted by molar-refractivity contribution is -0.140. The van der Waals surface area contributed by atoms with Gasteiger partial charge in [0.15, 0.2) is 0 Å². The monoisotopic (exact) mass is 302 g/mol. The standard InChI is InChI=1S/C13H22N2O6/c16-8-2-4-9-3-1-7-15(9)13(21)14-10(12(19)20)5-6-11(17)18/h9-10,16H,1-8H2,(H,14,21)(H,17,18)(H,19,20). The van der Waals surface area contributed by atoms with Gasteiger partial charge in [0, 0.05) is 25.6 Å². The van der Waals surface area contributed by atoms with Crippen molar-refractivity contribution in [1.82, 2.24) is 10.2 Å². The van der Waals surface area contributed by atoms with Gasteiger partial charge in [-0.2, -0.15) is 0 Å². The highest BCUT2D eigenvalue weighted by Gasteiger charge is 2.31. The van der Waals surface area contributed by atoms with Crippen molar-refractivity contribution in [1.29, 1.82) is 0 Å². The fourth-order valence-corrected chi connectivity index (χ4v) is 2.49. The normalized spacial score (nSPS) is 19.3. The van der Waals surface area contributed by atoms with Crippen molar-refractivity contribution in [2.75, 3.05) is 13.2 Å². The molecule has 2 amide bonds. The number of aliphatic carboxylic acids is 2. The summed E-state index contributed by atoms with van der Waals surface area (Å²) >= 11 is 0. The van der Waals surface area contributed by atoms with E-state index >= 15 is 0 Å². The molecule has 0 aliphatic carbocycles. The molecule has 0 radical (unpaired) electrons. The van der Waals surface area contributed by atoms with Gasteiger partial charge in [-0.25, -0.2) is 9.59 Å². The lowest BCUT2D eigenvalue weighted by Crippen LogP contribution is -2.49. The Morgan fingerprint density at radius 1 is 1.29 bits per heavy atom. The number of nitrogens with zero attached hydrogens (tertiary/aromatic N) is 1. The summed E-state index contributed by atoms with van der Waals surface area (Å²) < 4.78 is 0. The average Bonchev–Trinajstić information content (AvgIpc) is 2.88. The van der Waals surface area contributed by atoms with Gasteiger partial charge >= 0.3 is 18.0 Å². The Kier molecular flexibility index (Phi) is 6.93. The van der Waals surface area contributed by atoms with Crippen molar-refractivity contribution < 1.29 is 29.7 Å². The average molecular weight is 302 g/mol. The van der Waals surface area contributed by atoms with E-state index in [-0.39, 0.29) is 25.5 Å². The molecule has 1 saturated heterocycles. The fourth-order valence-electron chi connectivity index (χ4n) is 2.49. The first-order valence-corrected chi connectivity index (χ1v) is 7.08. The van der Waals surface area contributed by atoms with Crippen molar-refractivity contribution in [3.05, 3.63) is 0 Å². The molecular weight excluding hydrogens is 280 g/mol. The lowest BCUT2D eigenvalue weighted by atomic mass is 10.1. The summed E-state index contributed by atoms with van der Waals surface area (Å²) in [7, 11) is 0. The number of hydrogen-bond donors (Lipinski definition) is 4. The van der Waals surface area contributed by atoms with Gasteiger partial charge in [0.1, 0.15) is 6.04 Å². The van der Waals surface area contributed by atoms with Crippen LogP contribution in [0.15, 0.2) is 0 Å². The van der Waals surface area contributed by atoms with Gasteiger partial charge in [-0.1, -0.05) is 0 Å². The largest absolute Gasteiger partial charge is 0.481 e. The van der Waals surface area contributed by atoms with Crippen LogP contribution in [0.3, 0.4) is 0 Å². The number of nitrogens with one attached hydrogen (secondary N) is 1. The van der Waals surface area contributed by atoms with Crippen molar-refractivity contribution in [3.8, 4) is 0 Å². The van der Waals surface area contributed by atoms with Gasteiger partial charge in [0.05, 0.1) is 0 Å². The molecule has 0 spiro atoms. The van der Waals surface area contributed by atoms with Gasteiger partial charge in [0.25, 0.3) is 0 Å². The number of hydrogen-bond acceptors (Lipinski definition) is 4. The molecule has 1 aliphatic heterocycles. The highest BCUT2D eigenvalue weighted by molar-refractivity contribution is 5.83. The zero-order valence-corrected chi connectivity index (χ0v) is 11.8. The molecule has 0 aromatic carbocycles. The minimum atomic E-state index is -1.24. The van der Waals surface area contributed by atoms with Crippen LogP contribution in [0.2, 0.25) is 0 Å². The van der Waals surface area contributed by atoms with Crippen LogP contribution in [0.25, 0.3) is 0 Å². The minimum Gasteiger partial charge on any atom is -0.481 e. The molecule has 1 rings (SSSR count). The SMILES string of the molecule is O=C(O)CCC(NC(=O)N1CCCC1CCCO)C(=O)O. The van der Waals surface area contributed by atoms with E-state index in [2.05, 4.69) is 5.32 Å². The quantitative estimate of drug-likeness (QED) is 0.509. The molecule has 120 valence electrons. The molecule has 8 nitrogen and oxygen atoms in total. The first-order valence-electron chi connectivity index (χ1n) is 7.08. The van der Waals surface area contributed by atoms with Gasteiger partial charge < -0.3 is 25.5 Å². The Hall–Kier alpha value is -1.83. The molecule has 8 heteroatoms. The van der Waals surface area contributed by atoms with Crippen LogP contribution < -0.4 is 5.32 Å². The minimum absolute atomic E-state index is 0.00562. The molecule has 21 heavy (non-hydrogen) atoms. The van der Waals surface area contributed by atoms with Gasteiger partial charge in [0.2, 0.25) is 0 Å². The fraction of sp³-hybridized carbons (Fsp3) is 0.769. The van der Waals surface area contributed by atoms with E-state index in [0.717, 1.165) is 12.8 Å². The smallest absolute Gasteiger partial charge is 0.326 e. The van der Waals surface area contributed by atoms with Gasteiger partial charge in [-0.15, -0.1) is 0 Å². The Labute approximate surface area is 122 Å². The van der Waals surface area contributed by atoms with Crippen LogP contribution in [0, 0.1) is 0 Å². The predicted octanol–water partition coefficient (Wildman–Crippen LogP) is 0.251. The number of carboxylic acids is 2. The molecular formula is C13H22N2O6. The summed E-state index contributed by atoms with van der Waals surface area (Å²) in [5, 5.41) is 28.8. The molecule has 0 aromatic rings. The predicted molar refractivity (Wildman–Crippen MR) is 72.9 cm³/mol. The summed E-state index contributed by atoms with van der Waals surface area (Å²) in [6, 6.07) is -1.67. The molecule has 0 bridgehead atoms. The van der Waals surface area contributed by atoms with Crippen LogP contribution in [-0.2, 0) is 9.59 Å². The zero-order chi connectivity index (χ0) is 15.8. The number of urea groups is 1. The topological polar surface area (TPSA) is 127 Å². The van der Waals surface area contributed by atoms with Crippen LogP contribution in [0.4, 0.5) is 4.79 Å². The maximum atomic E-state index is 12.1. The van der Waals surface area contributed by atoms with Crippen LogP contribution in [-0.4, -0.2) is 63.4 Å². The molecule has 1 fully saturated rings. The summed E-state index contributed by atoms with van der Waals surface area (Å²) in [4.78, 5) is 35.3. The number of likely N-dealkylation sites (tertiary alicyclic amines) is 1. The second-order valence-electron chi connectivity index (χ2n) is 5.13. The summed E-state index contributed by atoms with van der Waals surface area (Å²) in [5.74, 6) is -2.34. The number of carbonyl (C=O) groups is 3. The number of carboxylic acid groups (broad SMARTS) is 2. The number of aliphatic hydroxyl groups excluding tert-OH is 1. The van der Waals surface area contributed by atoms with E-state index in [1.165, 1.54) is 0 Å². The molecule has 2 unspecified atom stereocenters. The van der Waals surface area contributed by atoms with Crippen LogP contribution in [0.1, 0.15) is 38.5 Å². The summed E-state index contributed by atoms with van der Waals surface area (Å²) in [6.45, 7) is 0.607. The van der Waals surface area contributed by atoms with Gasteiger partial charge in [-0.3, -0.25) is 4.79 Å². The summed E-state index contributed by atoms with van der Waals surface area (Å²) in [6.07, 6.45) is 2.49. The third-order valence-electron chi connectivity index (χ3n) is 3.58. The molecule has 0 aromatic heterocycles. The van der Waals surface area contributed by atoms with Crippen LogP contribution in [0.5, 0.6) is 0 Å². The Morgan fingerprint density at radius 2 is 2.00 bits per heavy atom. The van der Waals surface area contributed by atoms with Crippen molar-refractivity contribution in [3.63, 3.8) is 0 Å². The molecule has 1 heterocycles. The van der Waals surface area contributed by atoms with E-state index < -0.39 is 24.0 Å². The Morgan fingerprint density at radius 3 is 2.57 bits per heavy atom. The van der Waals surface area contributed by atoms with Crippen LogP contribution >= 0.6 is 0 Å². The molecule has 4 N–H and O–H groups in total. The maximum absolute atomic E-state index is 12.1. The first-order chi connectivity index (χ1) is 9.95. The summed E-state index contributed by atoms with van der Waals surface area (Å²) in [5.41, 5.74) is 0. The highest BCUT2D eigenvalue weighted by Crippen LogP contribution is 2.21. The van der Waals surface area contributed by atoms with Crippen molar-refractivity contribution in [2.45, 2.75) is 50.6 Å². The van der Waals surface area contributed by atoms with Crippen molar-refractivity contribution >= 4 is 18.0 Å². The van der Waals surface area contributed by atoms with E-state index in [0.29, 0.717) is 19.4 Å². The first kappa shape index (κ1) is 17.2. The number of amides is 2. The zero-order valence-electron chi connectivity index (χ0n) is 11.8. The Bertz CT molecular complexity index is 387. The molecule has 1 aliphatic rings. The third kappa shape index (κ3) is 5.58. The number of rotatable bonds is 8. The second-order valence-corrected chi connectivity index (χ2v) is 5.13. The van der Waals surface area contributed by atoms with E-state index in [1.54, 1.807) is 4.90 Å². The molecule has 0 saturated carbocycles.